The maximum Gasteiger partial charge on any atom is 0.309 e. The molecule has 2 unspecified atom stereocenters. The van der Waals surface area contributed by atoms with Gasteiger partial charge in [0.05, 0.1) is 12.0 Å². The van der Waals surface area contributed by atoms with E-state index in [0.29, 0.717) is 17.9 Å². The molecule has 2 aliphatic carbocycles. The zero-order valence-corrected chi connectivity index (χ0v) is 13.4. The summed E-state index contributed by atoms with van der Waals surface area (Å²) in [6, 6.07) is 0. The second-order valence-electron chi connectivity index (χ2n) is 7.33. The van der Waals surface area contributed by atoms with Gasteiger partial charge in [0.15, 0.2) is 0 Å². The molecule has 0 aromatic rings. The van der Waals surface area contributed by atoms with E-state index in [1.54, 1.807) is 7.11 Å². The van der Waals surface area contributed by atoms with Crippen molar-refractivity contribution in [3.05, 3.63) is 0 Å². The lowest BCUT2D eigenvalue weighted by molar-refractivity contribution is -0.168. The number of methoxy groups -OCH3 is 1. The van der Waals surface area contributed by atoms with Crippen LogP contribution in [0.2, 0.25) is 0 Å². The van der Waals surface area contributed by atoms with E-state index < -0.39 is 0 Å². The number of hydrogen-bond donors (Lipinski definition) is 0. The smallest absolute Gasteiger partial charge is 0.309 e. The Kier molecular flexibility index (Phi) is 5.20. The summed E-state index contributed by atoms with van der Waals surface area (Å²) in [5.74, 6) is 1.46. The summed E-state index contributed by atoms with van der Waals surface area (Å²) in [6.07, 6.45) is 13.8. The number of hydrogen-bond acceptors (Lipinski definition) is 3. The fraction of sp³-hybridized carbons (Fsp3) is 0.944. The van der Waals surface area contributed by atoms with Gasteiger partial charge in [0.25, 0.3) is 0 Å². The van der Waals surface area contributed by atoms with E-state index in [-0.39, 0.29) is 18.0 Å². The SMILES string of the molecule is COC1CCC(C2CCC(C3CCCCC3)OC2=O)CC1. The second kappa shape index (κ2) is 7.13. The molecule has 0 bridgehead atoms. The van der Waals surface area contributed by atoms with Crippen LogP contribution in [-0.4, -0.2) is 25.3 Å². The highest BCUT2D eigenvalue weighted by molar-refractivity contribution is 5.73. The van der Waals surface area contributed by atoms with Crippen molar-refractivity contribution in [2.24, 2.45) is 17.8 Å². The summed E-state index contributed by atoms with van der Waals surface area (Å²) < 4.78 is 11.3. The van der Waals surface area contributed by atoms with Crippen LogP contribution in [0.15, 0.2) is 0 Å². The van der Waals surface area contributed by atoms with Crippen molar-refractivity contribution in [1.82, 2.24) is 0 Å². The van der Waals surface area contributed by atoms with Gasteiger partial charge in [0.2, 0.25) is 0 Å². The normalized spacial score (nSPS) is 39.0. The third-order valence-corrected chi connectivity index (χ3v) is 6.13. The van der Waals surface area contributed by atoms with Crippen molar-refractivity contribution in [3.63, 3.8) is 0 Å². The van der Waals surface area contributed by atoms with Crippen LogP contribution in [0.1, 0.15) is 70.6 Å². The minimum absolute atomic E-state index is 0.109. The number of esters is 1. The number of cyclic esters (lactones) is 1. The van der Waals surface area contributed by atoms with Gasteiger partial charge in [-0.2, -0.15) is 0 Å². The molecule has 120 valence electrons. The predicted molar refractivity (Wildman–Crippen MR) is 81.9 cm³/mol. The summed E-state index contributed by atoms with van der Waals surface area (Å²) >= 11 is 0. The Hall–Kier alpha value is -0.570. The lowest BCUT2D eigenvalue weighted by Crippen LogP contribution is -2.40. The van der Waals surface area contributed by atoms with Gasteiger partial charge >= 0.3 is 5.97 Å². The highest BCUT2D eigenvalue weighted by Crippen LogP contribution is 2.40. The van der Waals surface area contributed by atoms with Crippen LogP contribution in [0.5, 0.6) is 0 Å². The summed E-state index contributed by atoms with van der Waals surface area (Å²) in [4.78, 5) is 12.4. The molecule has 3 aliphatic rings. The summed E-state index contributed by atoms with van der Waals surface area (Å²) in [7, 11) is 1.80. The fourth-order valence-electron chi connectivity index (χ4n) is 4.75. The van der Waals surface area contributed by atoms with Gasteiger partial charge in [0, 0.05) is 7.11 Å². The Morgan fingerprint density at radius 1 is 0.857 bits per heavy atom. The molecule has 0 aromatic heterocycles. The maximum absolute atomic E-state index is 12.4. The zero-order valence-electron chi connectivity index (χ0n) is 13.4. The largest absolute Gasteiger partial charge is 0.462 e. The Bertz CT molecular complexity index is 340. The standard InChI is InChI=1S/C18H30O3/c1-20-15-9-7-13(8-10-15)16-11-12-17(21-18(16)19)14-5-3-2-4-6-14/h13-17H,2-12H2,1H3. The Morgan fingerprint density at radius 3 is 2.19 bits per heavy atom. The first-order chi connectivity index (χ1) is 10.3. The van der Waals surface area contributed by atoms with Crippen LogP contribution in [0.25, 0.3) is 0 Å². The van der Waals surface area contributed by atoms with E-state index in [4.69, 9.17) is 9.47 Å². The maximum atomic E-state index is 12.4. The topological polar surface area (TPSA) is 35.5 Å². The fourth-order valence-corrected chi connectivity index (χ4v) is 4.75. The van der Waals surface area contributed by atoms with Crippen LogP contribution in [0, 0.1) is 17.8 Å². The quantitative estimate of drug-likeness (QED) is 0.735. The van der Waals surface area contributed by atoms with Crippen molar-refractivity contribution in [1.29, 1.82) is 0 Å². The third kappa shape index (κ3) is 3.61. The Labute approximate surface area is 128 Å². The first kappa shape index (κ1) is 15.3. The lowest BCUT2D eigenvalue weighted by Gasteiger charge is -2.39. The van der Waals surface area contributed by atoms with Crippen molar-refractivity contribution in [2.45, 2.75) is 82.8 Å². The van der Waals surface area contributed by atoms with Gasteiger partial charge in [0.1, 0.15) is 6.10 Å². The Morgan fingerprint density at radius 2 is 1.57 bits per heavy atom. The minimum Gasteiger partial charge on any atom is -0.462 e. The van der Waals surface area contributed by atoms with Gasteiger partial charge in [-0.05, 0) is 63.2 Å². The molecule has 0 radical (unpaired) electrons. The van der Waals surface area contributed by atoms with E-state index in [2.05, 4.69) is 0 Å². The third-order valence-electron chi connectivity index (χ3n) is 6.13. The van der Waals surface area contributed by atoms with Crippen molar-refractivity contribution in [3.8, 4) is 0 Å². The molecule has 0 spiro atoms. The van der Waals surface area contributed by atoms with E-state index in [1.165, 1.54) is 32.1 Å². The van der Waals surface area contributed by atoms with E-state index in [0.717, 1.165) is 38.5 Å². The van der Waals surface area contributed by atoms with Crippen molar-refractivity contribution in [2.75, 3.05) is 7.11 Å². The molecule has 3 nitrogen and oxygen atoms in total. The average molecular weight is 294 g/mol. The molecule has 0 aromatic carbocycles. The molecular formula is C18H30O3. The van der Waals surface area contributed by atoms with E-state index in [1.807, 2.05) is 0 Å². The Balaban J connectivity index is 1.50. The molecule has 1 saturated heterocycles. The molecule has 2 atom stereocenters. The van der Waals surface area contributed by atoms with Crippen LogP contribution >= 0.6 is 0 Å². The molecule has 1 aliphatic heterocycles. The van der Waals surface area contributed by atoms with Gasteiger partial charge in [-0.15, -0.1) is 0 Å². The molecule has 0 N–H and O–H groups in total. The molecule has 3 fully saturated rings. The highest BCUT2D eigenvalue weighted by atomic mass is 16.5. The number of rotatable bonds is 3. The molecular weight excluding hydrogens is 264 g/mol. The van der Waals surface area contributed by atoms with Gasteiger partial charge in [-0.1, -0.05) is 19.3 Å². The van der Waals surface area contributed by atoms with Crippen molar-refractivity contribution >= 4 is 5.97 Å². The average Bonchev–Trinajstić information content (AvgIpc) is 2.56. The molecule has 3 heteroatoms. The first-order valence-electron chi connectivity index (χ1n) is 9.01. The zero-order chi connectivity index (χ0) is 14.7. The van der Waals surface area contributed by atoms with Crippen LogP contribution < -0.4 is 0 Å². The van der Waals surface area contributed by atoms with Crippen LogP contribution in [0.3, 0.4) is 0 Å². The van der Waals surface area contributed by atoms with E-state index >= 15 is 0 Å². The van der Waals surface area contributed by atoms with E-state index in [9.17, 15) is 4.79 Å². The number of carbonyl (C=O) groups excluding carboxylic acids is 1. The monoisotopic (exact) mass is 294 g/mol. The number of ether oxygens (including phenoxy) is 2. The van der Waals surface area contributed by atoms with Crippen LogP contribution in [-0.2, 0) is 14.3 Å². The summed E-state index contributed by atoms with van der Waals surface area (Å²) in [5.41, 5.74) is 0. The molecule has 3 rings (SSSR count). The van der Waals surface area contributed by atoms with Gasteiger partial charge in [-0.3, -0.25) is 4.79 Å². The summed E-state index contributed by atoms with van der Waals surface area (Å²) in [5, 5.41) is 0. The molecule has 2 saturated carbocycles. The van der Waals surface area contributed by atoms with Gasteiger partial charge in [-0.25, -0.2) is 0 Å². The molecule has 0 amide bonds. The summed E-state index contributed by atoms with van der Waals surface area (Å²) in [6.45, 7) is 0. The second-order valence-corrected chi connectivity index (χ2v) is 7.33. The minimum atomic E-state index is 0.109. The molecule has 1 heterocycles. The van der Waals surface area contributed by atoms with Crippen molar-refractivity contribution < 1.29 is 14.3 Å². The lowest BCUT2D eigenvalue weighted by atomic mass is 9.74. The number of carbonyl (C=O) groups is 1. The molecule has 21 heavy (non-hydrogen) atoms. The van der Waals surface area contributed by atoms with Crippen LogP contribution in [0.4, 0.5) is 0 Å². The first-order valence-corrected chi connectivity index (χ1v) is 9.01. The highest BCUT2D eigenvalue weighted by Gasteiger charge is 2.39. The van der Waals surface area contributed by atoms with Gasteiger partial charge < -0.3 is 9.47 Å². The predicted octanol–water partition coefficient (Wildman–Crippen LogP) is 4.09.